The lowest BCUT2D eigenvalue weighted by molar-refractivity contribution is -0.123. The van der Waals surface area contributed by atoms with E-state index in [1.807, 2.05) is 36.4 Å². The first-order valence-corrected chi connectivity index (χ1v) is 8.90. The monoisotopic (exact) mass is 378 g/mol. The van der Waals surface area contributed by atoms with Gasteiger partial charge < -0.3 is 14.5 Å². The van der Waals surface area contributed by atoms with Gasteiger partial charge in [-0.3, -0.25) is 14.9 Å². The highest BCUT2D eigenvalue weighted by Crippen LogP contribution is 2.35. The number of fused-ring (bicyclic) bond motifs is 2. The summed E-state index contributed by atoms with van der Waals surface area (Å²) in [6.07, 6.45) is 7.14. The Balaban J connectivity index is 1.48. The topological polar surface area (TPSA) is 80.6 Å². The van der Waals surface area contributed by atoms with Crippen LogP contribution in [0.15, 0.2) is 58.4 Å². The molecular weight excluding hydrogens is 364 g/mol. The number of ketones is 1. The van der Waals surface area contributed by atoms with Crippen LogP contribution >= 0.6 is 12.2 Å². The van der Waals surface area contributed by atoms with Gasteiger partial charge in [-0.1, -0.05) is 18.2 Å². The number of Topliss-reactive ketones (excluding diaryl/α,β-unsaturated/α-hetero) is 1. The number of ether oxygens (including phenoxy) is 1. The molecular formula is C20H14N2O4S. The molecule has 1 fully saturated rings. The zero-order valence-corrected chi connectivity index (χ0v) is 14.8. The fraction of sp³-hybridized carbons (Fsp3) is 0.150. The lowest BCUT2D eigenvalue weighted by Crippen LogP contribution is -2.26. The normalized spacial score (nSPS) is 25.4. The summed E-state index contributed by atoms with van der Waals surface area (Å²) < 4.78 is 11.1. The number of hydrogen-bond acceptors (Lipinski definition) is 5. The number of rotatable bonds is 2. The number of furan rings is 1. The zero-order valence-electron chi connectivity index (χ0n) is 14.0. The van der Waals surface area contributed by atoms with Gasteiger partial charge >= 0.3 is 0 Å². The molecule has 0 saturated carbocycles. The maximum atomic E-state index is 12.8. The van der Waals surface area contributed by atoms with Gasteiger partial charge in [0.1, 0.15) is 23.6 Å². The predicted octanol–water partition coefficient (Wildman–Crippen LogP) is 2.53. The van der Waals surface area contributed by atoms with Crippen molar-refractivity contribution in [1.29, 1.82) is 0 Å². The summed E-state index contributed by atoms with van der Waals surface area (Å²) in [6.45, 7) is 0.414. The van der Waals surface area contributed by atoms with Crippen LogP contribution in [0, 0.1) is 5.92 Å². The number of carbonyl (C=O) groups is 2. The number of nitrogens with one attached hydrogen (secondary N) is 2. The molecule has 1 aromatic carbocycles. The van der Waals surface area contributed by atoms with Crippen molar-refractivity contribution in [2.45, 2.75) is 5.92 Å². The third-order valence-corrected chi connectivity index (χ3v) is 5.14. The summed E-state index contributed by atoms with van der Waals surface area (Å²) in [7, 11) is 0. The molecule has 3 aliphatic rings. The van der Waals surface area contributed by atoms with Crippen molar-refractivity contribution in [2.24, 2.45) is 5.92 Å². The van der Waals surface area contributed by atoms with Crippen LogP contribution in [-0.4, -0.2) is 23.4 Å². The second-order valence-corrected chi connectivity index (χ2v) is 7.06. The van der Waals surface area contributed by atoms with Gasteiger partial charge in [0.25, 0.3) is 5.91 Å². The minimum absolute atomic E-state index is 0.145. The van der Waals surface area contributed by atoms with E-state index < -0.39 is 0 Å². The Morgan fingerprint density at radius 3 is 2.89 bits per heavy atom. The Bertz CT molecular complexity index is 1110. The summed E-state index contributed by atoms with van der Waals surface area (Å²) in [5, 5.41) is 6.44. The molecule has 27 heavy (non-hydrogen) atoms. The Kier molecular flexibility index (Phi) is 3.51. The molecule has 0 bridgehead atoms. The van der Waals surface area contributed by atoms with E-state index in [4.69, 9.17) is 21.4 Å². The molecule has 1 aliphatic carbocycles. The SMILES string of the molecule is O=C1NC(=S)NC1=Cc1cc2cc(C3C=CC4=COCC4C3=O)ccc2o1. The van der Waals surface area contributed by atoms with E-state index in [9.17, 15) is 9.59 Å². The number of benzene rings is 1. The van der Waals surface area contributed by atoms with Gasteiger partial charge in [0.2, 0.25) is 0 Å². The van der Waals surface area contributed by atoms with E-state index in [2.05, 4.69) is 10.6 Å². The summed E-state index contributed by atoms with van der Waals surface area (Å²) in [5.41, 5.74) is 2.87. The Labute approximate surface area is 159 Å². The summed E-state index contributed by atoms with van der Waals surface area (Å²) in [4.78, 5) is 24.5. The molecule has 0 spiro atoms. The van der Waals surface area contributed by atoms with Gasteiger partial charge in [-0.2, -0.15) is 0 Å². The first-order chi connectivity index (χ1) is 13.1. The average molecular weight is 378 g/mol. The second-order valence-electron chi connectivity index (χ2n) is 6.66. The summed E-state index contributed by atoms with van der Waals surface area (Å²) in [5.74, 6) is -0.0938. The second kappa shape index (κ2) is 5.92. The molecule has 1 saturated heterocycles. The highest BCUT2D eigenvalue weighted by Gasteiger charge is 2.35. The highest BCUT2D eigenvalue weighted by atomic mass is 32.1. The van der Waals surface area contributed by atoms with E-state index >= 15 is 0 Å². The molecule has 3 heterocycles. The van der Waals surface area contributed by atoms with Crippen LogP contribution < -0.4 is 10.6 Å². The Morgan fingerprint density at radius 1 is 1.19 bits per heavy atom. The number of hydrogen-bond donors (Lipinski definition) is 2. The van der Waals surface area contributed by atoms with Crippen molar-refractivity contribution in [3.8, 4) is 0 Å². The van der Waals surface area contributed by atoms with Crippen LogP contribution in [-0.2, 0) is 14.3 Å². The standard InChI is InChI=1S/C20H14N2O4S/c23-18-14(3-1-11-8-25-9-15(11)18)10-2-4-17-12(5-10)6-13(26-17)7-16-19(24)22-20(27)21-16/h1-8,14-15H,9H2,(H2,21,22,24,27). The van der Waals surface area contributed by atoms with Crippen LogP contribution in [0.2, 0.25) is 0 Å². The molecule has 1 amide bonds. The zero-order chi connectivity index (χ0) is 18.5. The van der Waals surface area contributed by atoms with Crippen LogP contribution in [0.1, 0.15) is 17.2 Å². The molecule has 1 aromatic heterocycles. The molecule has 2 aromatic rings. The molecule has 2 atom stereocenters. The first-order valence-electron chi connectivity index (χ1n) is 8.49. The van der Waals surface area contributed by atoms with Gasteiger partial charge in [-0.15, -0.1) is 0 Å². The highest BCUT2D eigenvalue weighted by molar-refractivity contribution is 7.80. The number of carbonyl (C=O) groups excluding carboxylic acids is 2. The maximum absolute atomic E-state index is 12.8. The number of amides is 1. The van der Waals surface area contributed by atoms with Gasteiger partial charge in [-0.25, -0.2) is 0 Å². The molecule has 5 rings (SSSR count). The molecule has 2 N–H and O–H groups in total. The van der Waals surface area contributed by atoms with Gasteiger partial charge in [0.15, 0.2) is 10.9 Å². The molecule has 2 aliphatic heterocycles. The maximum Gasteiger partial charge on any atom is 0.274 e. The van der Waals surface area contributed by atoms with E-state index in [1.54, 1.807) is 12.3 Å². The van der Waals surface area contributed by atoms with Gasteiger partial charge in [-0.05, 0) is 36.0 Å². The minimum atomic E-state index is -0.297. The third kappa shape index (κ3) is 2.67. The van der Waals surface area contributed by atoms with Crippen molar-refractivity contribution < 1.29 is 18.7 Å². The fourth-order valence-electron chi connectivity index (χ4n) is 3.59. The van der Waals surface area contributed by atoms with Crippen molar-refractivity contribution in [3.63, 3.8) is 0 Å². The van der Waals surface area contributed by atoms with E-state index in [1.165, 1.54) is 0 Å². The van der Waals surface area contributed by atoms with Gasteiger partial charge in [0.05, 0.1) is 18.1 Å². The van der Waals surface area contributed by atoms with Crippen LogP contribution in [0.25, 0.3) is 17.0 Å². The molecule has 7 heteroatoms. The molecule has 6 nitrogen and oxygen atoms in total. The van der Waals surface area contributed by atoms with Crippen molar-refractivity contribution in [1.82, 2.24) is 10.6 Å². The van der Waals surface area contributed by atoms with Crippen LogP contribution in [0.3, 0.4) is 0 Å². The smallest absolute Gasteiger partial charge is 0.274 e. The summed E-state index contributed by atoms with van der Waals surface area (Å²) >= 11 is 4.92. The van der Waals surface area contributed by atoms with Crippen molar-refractivity contribution in [3.05, 3.63) is 65.3 Å². The Morgan fingerprint density at radius 2 is 2.07 bits per heavy atom. The van der Waals surface area contributed by atoms with E-state index in [0.717, 1.165) is 16.5 Å². The molecule has 134 valence electrons. The molecule has 2 unspecified atom stereocenters. The van der Waals surface area contributed by atoms with Crippen LogP contribution in [0.4, 0.5) is 0 Å². The lowest BCUT2D eigenvalue weighted by Gasteiger charge is -2.21. The predicted molar refractivity (Wildman–Crippen MR) is 102 cm³/mol. The average Bonchev–Trinajstić information content (AvgIpc) is 3.33. The van der Waals surface area contributed by atoms with Crippen molar-refractivity contribution in [2.75, 3.05) is 6.61 Å². The lowest BCUT2D eigenvalue weighted by atomic mass is 9.80. The first kappa shape index (κ1) is 16.0. The molecule has 0 radical (unpaired) electrons. The number of thiocarbonyl (C=S) groups is 1. The van der Waals surface area contributed by atoms with Gasteiger partial charge in [0, 0.05) is 17.0 Å². The Hall–Kier alpha value is -3.19. The largest absolute Gasteiger partial charge is 0.500 e. The van der Waals surface area contributed by atoms with E-state index in [-0.39, 0.29) is 28.6 Å². The quantitative estimate of drug-likeness (QED) is 0.618. The van der Waals surface area contributed by atoms with Crippen LogP contribution in [0.5, 0.6) is 0 Å². The van der Waals surface area contributed by atoms with E-state index in [0.29, 0.717) is 23.6 Å². The van der Waals surface area contributed by atoms with Crippen molar-refractivity contribution >= 4 is 46.1 Å². The minimum Gasteiger partial charge on any atom is -0.500 e. The fourth-order valence-corrected chi connectivity index (χ4v) is 3.79. The third-order valence-electron chi connectivity index (χ3n) is 4.94. The summed E-state index contributed by atoms with van der Waals surface area (Å²) in [6, 6.07) is 7.53. The number of allylic oxidation sites excluding steroid dienone is 2.